The average molecular weight is 243 g/mol. The van der Waals surface area contributed by atoms with Gasteiger partial charge in [0.2, 0.25) is 0 Å². The maximum Gasteiger partial charge on any atom is 0.254 e. The Balaban J connectivity index is 2.51. The van der Waals surface area contributed by atoms with Crippen molar-refractivity contribution in [2.75, 3.05) is 18.6 Å². The molecule has 0 aliphatic rings. The van der Waals surface area contributed by atoms with E-state index in [0.29, 0.717) is 17.1 Å². The summed E-state index contributed by atoms with van der Waals surface area (Å²) in [5.41, 5.74) is -0.368. The predicted molar refractivity (Wildman–Crippen MR) is 64.8 cm³/mol. The van der Waals surface area contributed by atoms with Crippen molar-refractivity contribution in [3.05, 3.63) is 23.7 Å². The molecule has 90 valence electrons. The lowest BCUT2D eigenvalue weighted by atomic mass is 10.1. The number of carbonyl (C=O) groups excluding carboxylic acids is 1. The molecule has 5 heteroatoms. The molecule has 1 rings (SSSR count). The van der Waals surface area contributed by atoms with Gasteiger partial charge < -0.3 is 14.8 Å². The van der Waals surface area contributed by atoms with Crippen LogP contribution in [0.2, 0.25) is 0 Å². The van der Waals surface area contributed by atoms with Crippen LogP contribution in [0, 0.1) is 6.92 Å². The summed E-state index contributed by atoms with van der Waals surface area (Å²) in [5, 5.41) is 12.6. The molecule has 1 heterocycles. The summed E-state index contributed by atoms with van der Waals surface area (Å²) in [4.78, 5) is 11.7. The first-order chi connectivity index (χ1) is 7.46. The van der Waals surface area contributed by atoms with Gasteiger partial charge in [0.25, 0.3) is 5.91 Å². The van der Waals surface area contributed by atoms with E-state index in [1.165, 1.54) is 6.26 Å². The van der Waals surface area contributed by atoms with Gasteiger partial charge in [0.1, 0.15) is 5.76 Å². The first-order valence-electron chi connectivity index (χ1n) is 5.00. The molecule has 1 atom stereocenters. The van der Waals surface area contributed by atoms with Gasteiger partial charge in [-0.15, -0.1) is 0 Å². The second-order valence-corrected chi connectivity index (χ2v) is 4.87. The normalized spacial score (nSPS) is 14.5. The predicted octanol–water partition coefficient (Wildman–Crippen LogP) is 1.43. The number of aryl methyl sites for hydroxylation is 1. The number of thioether (sulfide) groups is 1. The van der Waals surface area contributed by atoms with Crippen molar-refractivity contribution in [2.24, 2.45) is 0 Å². The Kier molecular flexibility index (Phi) is 4.44. The van der Waals surface area contributed by atoms with Crippen LogP contribution in [0.15, 0.2) is 16.7 Å². The Morgan fingerprint density at radius 3 is 2.88 bits per heavy atom. The average Bonchev–Trinajstić information content (AvgIpc) is 2.61. The van der Waals surface area contributed by atoms with Crippen LogP contribution in [0.3, 0.4) is 0 Å². The monoisotopic (exact) mass is 243 g/mol. The number of amides is 1. The third-order valence-electron chi connectivity index (χ3n) is 2.19. The minimum Gasteiger partial charge on any atom is -0.469 e. The number of aliphatic hydroxyl groups is 1. The lowest BCUT2D eigenvalue weighted by Crippen LogP contribution is -2.42. The SMILES string of the molecule is CSCC(C)(O)CNC(=O)c1ccoc1C. The quantitative estimate of drug-likeness (QED) is 0.821. The summed E-state index contributed by atoms with van der Waals surface area (Å²) in [6, 6.07) is 1.62. The van der Waals surface area contributed by atoms with Gasteiger partial charge in [-0.3, -0.25) is 4.79 Å². The molecule has 2 N–H and O–H groups in total. The van der Waals surface area contributed by atoms with E-state index >= 15 is 0 Å². The Bertz CT molecular complexity index is 360. The number of furan rings is 1. The van der Waals surface area contributed by atoms with E-state index in [0.717, 1.165) is 0 Å². The third-order valence-corrected chi connectivity index (χ3v) is 3.10. The summed E-state index contributed by atoms with van der Waals surface area (Å²) in [6.07, 6.45) is 3.39. The van der Waals surface area contributed by atoms with Crippen molar-refractivity contribution in [1.82, 2.24) is 5.32 Å². The maximum absolute atomic E-state index is 11.7. The van der Waals surface area contributed by atoms with Crippen molar-refractivity contribution in [3.8, 4) is 0 Å². The fourth-order valence-corrected chi connectivity index (χ4v) is 2.07. The zero-order valence-corrected chi connectivity index (χ0v) is 10.6. The zero-order chi connectivity index (χ0) is 12.2. The molecular weight excluding hydrogens is 226 g/mol. The molecule has 1 aromatic heterocycles. The van der Waals surface area contributed by atoms with Gasteiger partial charge in [-0.05, 0) is 26.2 Å². The second-order valence-electron chi connectivity index (χ2n) is 4.00. The fraction of sp³-hybridized carbons (Fsp3) is 0.545. The molecular formula is C11H17NO3S. The molecule has 0 aromatic carbocycles. The summed E-state index contributed by atoms with van der Waals surface area (Å²) < 4.78 is 5.04. The Hall–Kier alpha value is -0.940. The van der Waals surface area contributed by atoms with Crippen LogP contribution in [-0.4, -0.2) is 35.2 Å². The molecule has 0 radical (unpaired) electrons. The van der Waals surface area contributed by atoms with Crippen LogP contribution >= 0.6 is 11.8 Å². The summed E-state index contributed by atoms with van der Waals surface area (Å²) >= 11 is 1.54. The van der Waals surface area contributed by atoms with Crippen molar-refractivity contribution in [2.45, 2.75) is 19.4 Å². The van der Waals surface area contributed by atoms with Gasteiger partial charge in [-0.1, -0.05) is 0 Å². The van der Waals surface area contributed by atoms with Gasteiger partial charge in [-0.25, -0.2) is 0 Å². The van der Waals surface area contributed by atoms with Gasteiger partial charge in [0.15, 0.2) is 0 Å². The summed E-state index contributed by atoms with van der Waals surface area (Å²) in [5.74, 6) is 0.951. The van der Waals surface area contributed by atoms with E-state index in [1.54, 1.807) is 31.7 Å². The number of rotatable bonds is 5. The standard InChI is InChI=1S/C11H17NO3S/c1-8-9(4-5-15-8)10(13)12-6-11(2,14)7-16-3/h4-5,14H,6-7H2,1-3H3,(H,12,13). The van der Waals surface area contributed by atoms with E-state index in [-0.39, 0.29) is 12.5 Å². The van der Waals surface area contributed by atoms with E-state index in [9.17, 15) is 9.90 Å². The zero-order valence-electron chi connectivity index (χ0n) is 9.74. The second kappa shape index (κ2) is 5.41. The number of hydrogen-bond donors (Lipinski definition) is 2. The summed E-state index contributed by atoms with van der Waals surface area (Å²) in [6.45, 7) is 3.66. The summed E-state index contributed by atoms with van der Waals surface area (Å²) in [7, 11) is 0. The van der Waals surface area contributed by atoms with E-state index in [1.807, 2.05) is 6.26 Å². The molecule has 1 aromatic rings. The molecule has 16 heavy (non-hydrogen) atoms. The highest BCUT2D eigenvalue weighted by molar-refractivity contribution is 7.98. The van der Waals surface area contributed by atoms with Crippen molar-refractivity contribution in [3.63, 3.8) is 0 Å². The van der Waals surface area contributed by atoms with Crippen LogP contribution in [0.5, 0.6) is 0 Å². The van der Waals surface area contributed by atoms with E-state index < -0.39 is 5.60 Å². The van der Waals surface area contributed by atoms with Crippen molar-refractivity contribution < 1.29 is 14.3 Å². The van der Waals surface area contributed by atoms with Crippen LogP contribution in [-0.2, 0) is 0 Å². The van der Waals surface area contributed by atoms with Gasteiger partial charge in [-0.2, -0.15) is 11.8 Å². The molecule has 1 unspecified atom stereocenters. The fourth-order valence-electron chi connectivity index (χ4n) is 1.35. The first-order valence-corrected chi connectivity index (χ1v) is 6.39. The molecule has 0 fully saturated rings. The van der Waals surface area contributed by atoms with Crippen molar-refractivity contribution in [1.29, 1.82) is 0 Å². The Labute approximate surface area is 99.4 Å². The highest BCUT2D eigenvalue weighted by Crippen LogP contribution is 2.11. The number of carbonyl (C=O) groups is 1. The minimum absolute atomic E-state index is 0.215. The number of nitrogens with one attached hydrogen (secondary N) is 1. The molecule has 1 amide bonds. The lowest BCUT2D eigenvalue weighted by Gasteiger charge is -2.22. The minimum atomic E-state index is -0.882. The molecule has 0 aliphatic carbocycles. The largest absolute Gasteiger partial charge is 0.469 e. The van der Waals surface area contributed by atoms with Gasteiger partial charge in [0.05, 0.1) is 17.4 Å². The van der Waals surface area contributed by atoms with Gasteiger partial charge in [0, 0.05) is 12.3 Å². The Morgan fingerprint density at radius 2 is 2.38 bits per heavy atom. The molecule has 0 aliphatic heterocycles. The molecule has 0 saturated carbocycles. The molecule has 0 bridgehead atoms. The Morgan fingerprint density at radius 1 is 1.69 bits per heavy atom. The molecule has 0 saturated heterocycles. The van der Waals surface area contributed by atoms with Crippen molar-refractivity contribution >= 4 is 17.7 Å². The van der Waals surface area contributed by atoms with Crippen LogP contribution in [0.25, 0.3) is 0 Å². The third kappa shape index (κ3) is 3.57. The van der Waals surface area contributed by atoms with Gasteiger partial charge >= 0.3 is 0 Å². The highest BCUT2D eigenvalue weighted by Gasteiger charge is 2.21. The lowest BCUT2D eigenvalue weighted by molar-refractivity contribution is 0.0724. The highest BCUT2D eigenvalue weighted by atomic mass is 32.2. The maximum atomic E-state index is 11.7. The number of hydrogen-bond acceptors (Lipinski definition) is 4. The van der Waals surface area contributed by atoms with Crippen LogP contribution in [0.4, 0.5) is 0 Å². The van der Waals surface area contributed by atoms with Crippen LogP contribution < -0.4 is 5.32 Å². The molecule has 0 spiro atoms. The van der Waals surface area contributed by atoms with E-state index in [4.69, 9.17) is 4.42 Å². The topological polar surface area (TPSA) is 62.5 Å². The van der Waals surface area contributed by atoms with E-state index in [2.05, 4.69) is 5.32 Å². The van der Waals surface area contributed by atoms with Crippen LogP contribution in [0.1, 0.15) is 23.0 Å². The smallest absolute Gasteiger partial charge is 0.254 e. The first kappa shape index (κ1) is 13.1. The molecule has 4 nitrogen and oxygen atoms in total.